The van der Waals surface area contributed by atoms with Crippen molar-refractivity contribution in [2.24, 2.45) is 0 Å². The third-order valence-corrected chi connectivity index (χ3v) is 3.52. The molecule has 0 aliphatic carbocycles. The van der Waals surface area contributed by atoms with Crippen LogP contribution in [0.25, 0.3) is 0 Å². The molecule has 0 heterocycles. The van der Waals surface area contributed by atoms with E-state index in [4.69, 9.17) is 28.6 Å². The molecular weight excluding hydrogens is 276 g/mol. The number of halogens is 1. The van der Waals surface area contributed by atoms with Crippen LogP contribution in [0.1, 0.15) is 24.0 Å². The maximum atomic E-state index is 5.87. The molecule has 0 fully saturated rings. The summed E-state index contributed by atoms with van der Waals surface area (Å²) in [6, 6.07) is 17.6. The van der Waals surface area contributed by atoms with Crippen LogP contribution in [0, 0.1) is 0 Å². The summed E-state index contributed by atoms with van der Waals surface area (Å²) in [7, 11) is 0. The van der Waals surface area contributed by atoms with Gasteiger partial charge >= 0.3 is 0 Å². The second-order valence-corrected chi connectivity index (χ2v) is 5.22. The van der Waals surface area contributed by atoms with Crippen LogP contribution in [0.4, 0.5) is 0 Å². The van der Waals surface area contributed by atoms with Gasteiger partial charge in [-0.15, -0.1) is 0 Å². The van der Waals surface area contributed by atoms with E-state index < -0.39 is 0 Å². The van der Waals surface area contributed by atoms with Crippen molar-refractivity contribution in [1.29, 1.82) is 0 Å². The molecule has 3 heteroatoms. The monoisotopic (exact) mass is 290 g/mol. The summed E-state index contributed by atoms with van der Waals surface area (Å²) in [5.41, 5.74) is 2.14. The van der Waals surface area contributed by atoms with E-state index in [2.05, 4.69) is 6.92 Å². The quantitative estimate of drug-likeness (QED) is 0.746. The lowest BCUT2D eigenvalue weighted by molar-refractivity contribution is 0.292. The molecule has 2 aromatic carbocycles. The second kappa shape index (κ2) is 6.69. The normalized spacial score (nSPS) is 11.9. The first-order valence-corrected chi connectivity index (χ1v) is 6.93. The second-order valence-electron chi connectivity index (χ2n) is 4.42. The molecule has 0 saturated heterocycles. The molecule has 0 aromatic heterocycles. The van der Waals surface area contributed by atoms with Gasteiger partial charge in [0.25, 0.3) is 0 Å². The van der Waals surface area contributed by atoms with Gasteiger partial charge in [0.15, 0.2) is 5.05 Å². The first-order valence-electron chi connectivity index (χ1n) is 6.14. The zero-order valence-electron chi connectivity index (χ0n) is 10.7. The van der Waals surface area contributed by atoms with E-state index in [0.717, 1.165) is 10.6 Å². The third kappa shape index (κ3) is 4.05. The minimum atomic E-state index is 0.277. The van der Waals surface area contributed by atoms with Gasteiger partial charge in [-0.2, -0.15) is 0 Å². The highest BCUT2D eigenvalue weighted by Gasteiger charge is 2.08. The van der Waals surface area contributed by atoms with Crippen molar-refractivity contribution >= 4 is 28.9 Å². The Morgan fingerprint density at radius 2 is 1.74 bits per heavy atom. The number of hydrogen-bond donors (Lipinski definition) is 0. The Morgan fingerprint density at radius 3 is 2.37 bits per heavy atom. The van der Waals surface area contributed by atoms with Crippen molar-refractivity contribution in [3.8, 4) is 0 Å². The summed E-state index contributed by atoms with van der Waals surface area (Å²) < 4.78 is 5.67. The Labute approximate surface area is 124 Å². The van der Waals surface area contributed by atoms with Crippen LogP contribution in [0.5, 0.6) is 0 Å². The lowest BCUT2D eigenvalue weighted by atomic mass is 10.0. The summed E-state index contributed by atoms with van der Waals surface area (Å²) >= 11 is 11.1. The highest BCUT2D eigenvalue weighted by molar-refractivity contribution is 7.80. The maximum absolute atomic E-state index is 5.87. The van der Waals surface area contributed by atoms with Gasteiger partial charge in [-0.3, -0.25) is 0 Å². The topological polar surface area (TPSA) is 9.23 Å². The van der Waals surface area contributed by atoms with Crippen molar-refractivity contribution < 1.29 is 4.74 Å². The Morgan fingerprint density at radius 1 is 1.11 bits per heavy atom. The molecule has 0 saturated carbocycles. The lowest BCUT2D eigenvalue weighted by Gasteiger charge is -2.14. The fraction of sp³-hybridized carbons (Fsp3) is 0.188. The minimum absolute atomic E-state index is 0.277. The molecular formula is C16H15ClOS. The number of hydrogen-bond acceptors (Lipinski definition) is 2. The van der Waals surface area contributed by atoms with Crippen LogP contribution >= 0.6 is 23.8 Å². The highest BCUT2D eigenvalue weighted by atomic mass is 35.5. The van der Waals surface area contributed by atoms with Crippen molar-refractivity contribution in [1.82, 2.24) is 0 Å². The zero-order valence-corrected chi connectivity index (χ0v) is 12.2. The van der Waals surface area contributed by atoms with Gasteiger partial charge in [-0.05, 0) is 29.9 Å². The van der Waals surface area contributed by atoms with Crippen LogP contribution in [-0.4, -0.2) is 11.7 Å². The number of thiocarbonyl (C=S) groups is 1. The first kappa shape index (κ1) is 14.0. The molecule has 0 bridgehead atoms. The van der Waals surface area contributed by atoms with E-state index in [-0.39, 0.29) is 5.92 Å². The summed E-state index contributed by atoms with van der Waals surface area (Å²) in [5, 5.41) is 1.29. The van der Waals surface area contributed by atoms with Gasteiger partial charge in [0, 0.05) is 16.5 Å². The predicted molar refractivity (Wildman–Crippen MR) is 84.0 cm³/mol. The average molecular weight is 291 g/mol. The fourth-order valence-corrected chi connectivity index (χ4v) is 2.08. The van der Waals surface area contributed by atoms with Crippen LogP contribution in [0.3, 0.4) is 0 Å². The smallest absolute Gasteiger partial charge is 0.191 e. The number of benzene rings is 2. The van der Waals surface area contributed by atoms with Crippen molar-refractivity contribution in [3.63, 3.8) is 0 Å². The fourth-order valence-electron chi connectivity index (χ4n) is 1.75. The van der Waals surface area contributed by atoms with Crippen LogP contribution < -0.4 is 0 Å². The van der Waals surface area contributed by atoms with Crippen LogP contribution in [0.15, 0.2) is 54.6 Å². The van der Waals surface area contributed by atoms with E-state index in [9.17, 15) is 0 Å². The zero-order chi connectivity index (χ0) is 13.7. The SMILES string of the molecule is CC(COC(=S)c1ccccc1)c1ccc(Cl)cc1. The molecule has 19 heavy (non-hydrogen) atoms. The Hall–Kier alpha value is -1.38. The Bertz CT molecular complexity index is 536. The lowest BCUT2D eigenvalue weighted by Crippen LogP contribution is -2.10. The van der Waals surface area contributed by atoms with E-state index in [0.29, 0.717) is 11.7 Å². The summed E-state index contributed by atoms with van der Waals surface area (Å²) in [6.07, 6.45) is 0. The van der Waals surface area contributed by atoms with Gasteiger partial charge in [-0.25, -0.2) is 0 Å². The van der Waals surface area contributed by atoms with E-state index in [1.54, 1.807) is 0 Å². The molecule has 1 atom stereocenters. The van der Waals surface area contributed by atoms with Gasteiger partial charge in [0.1, 0.15) is 0 Å². The van der Waals surface area contributed by atoms with E-state index >= 15 is 0 Å². The standard InChI is InChI=1S/C16H15ClOS/c1-12(13-7-9-15(17)10-8-13)11-18-16(19)14-5-3-2-4-6-14/h2-10,12H,11H2,1H3. The molecule has 1 unspecified atom stereocenters. The van der Waals surface area contributed by atoms with Crippen molar-refractivity contribution in [2.45, 2.75) is 12.8 Å². The van der Waals surface area contributed by atoms with Gasteiger partial charge in [0.2, 0.25) is 0 Å². The maximum Gasteiger partial charge on any atom is 0.191 e. The molecule has 1 nitrogen and oxygen atoms in total. The summed E-state index contributed by atoms with van der Waals surface area (Å²) in [6.45, 7) is 2.67. The summed E-state index contributed by atoms with van der Waals surface area (Å²) in [4.78, 5) is 0. The molecule has 0 N–H and O–H groups in total. The van der Waals surface area contributed by atoms with Crippen molar-refractivity contribution in [2.75, 3.05) is 6.61 Å². The van der Waals surface area contributed by atoms with Gasteiger partial charge in [-0.1, -0.05) is 61.0 Å². The molecule has 2 aromatic rings. The number of rotatable bonds is 4. The molecule has 0 radical (unpaired) electrons. The van der Waals surface area contributed by atoms with Gasteiger partial charge in [0.05, 0.1) is 6.61 Å². The molecule has 98 valence electrons. The van der Waals surface area contributed by atoms with Crippen LogP contribution in [0.2, 0.25) is 5.02 Å². The van der Waals surface area contributed by atoms with Gasteiger partial charge < -0.3 is 4.74 Å². The molecule has 0 aliphatic rings. The minimum Gasteiger partial charge on any atom is -0.482 e. The molecule has 0 spiro atoms. The molecule has 0 aliphatic heterocycles. The third-order valence-electron chi connectivity index (χ3n) is 2.91. The molecule has 0 amide bonds. The predicted octanol–water partition coefficient (Wildman–Crippen LogP) is 4.84. The molecule has 2 rings (SSSR count). The summed E-state index contributed by atoms with van der Waals surface area (Å²) in [5.74, 6) is 0.277. The largest absolute Gasteiger partial charge is 0.482 e. The highest BCUT2D eigenvalue weighted by Crippen LogP contribution is 2.19. The average Bonchev–Trinajstić information content (AvgIpc) is 2.46. The Balaban J connectivity index is 1.92. The first-order chi connectivity index (χ1) is 9.16. The van der Waals surface area contributed by atoms with E-state index in [1.807, 2.05) is 54.6 Å². The number of ether oxygens (including phenoxy) is 1. The van der Waals surface area contributed by atoms with E-state index in [1.165, 1.54) is 5.56 Å². The Kier molecular flexibility index (Phi) is 4.94. The van der Waals surface area contributed by atoms with Crippen LogP contribution in [-0.2, 0) is 4.74 Å². The van der Waals surface area contributed by atoms with Crippen molar-refractivity contribution in [3.05, 3.63) is 70.7 Å².